The van der Waals surface area contributed by atoms with E-state index in [0.29, 0.717) is 12.0 Å². The Morgan fingerprint density at radius 2 is 2.21 bits per heavy atom. The third-order valence-corrected chi connectivity index (χ3v) is 1.93. The summed E-state index contributed by atoms with van der Waals surface area (Å²) in [6.07, 6.45) is 2.09. The summed E-state index contributed by atoms with van der Waals surface area (Å²) in [6.45, 7) is 5.33. The van der Waals surface area contributed by atoms with Gasteiger partial charge in [-0.25, -0.2) is 4.79 Å². The first kappa shape index (κ1) is 10.3. The molecule has 0 saturated carbocycles. The van der Waals surface area contributed by atoms with E-state index in [1.54, 1.807) is 19.1 Å². The maximum atomic E-state index is 10.7. The molecule has 1 aromatic carbocycles. The zero-order chi connectivity index (χ0) is 10.7. The van der Waals surface area contributed by atoms with E-state index >= 15 is 0 Å². The SMILES string of the molecule is C=CCc1cc(C)cc(C(=O)O)c1O. The number of carbonyl (C=O) groups is 1. The standard InChI is InChI=1S/C11H12O3/c1-3-4-8-5-7(2)6-9(10(8)12)11(13)14/h3,5-6,12H,1,4H2,2H3,(H,13,14). The van der Waals surface area contributed by atoms with Gasteiger partial charge in [0.25, 0.3) is 0 Å². The third-order valence-electron chi connectivity index (χ3n) is 1.93. The summed E-state index contributed by atoms with van der Waals surface area (Å²) < 4.78 is 0. The lowest BCUT2D eigenvalue weighted by molar-refractivity contribution is 0.0693. The van der Waals surface area contributed by atoms with E-state index in [-0.39, 0.29) is 11.3 Å². The maximum Gasteiger partial charge on any atom is 0.339 e. The van der Waals surface area contributed by atoms with Crippen LogP contribution in [0.3, 0.4) is 0 Å². The number of aromatic hydroxyl groups is 1. The number of benzene rings is 1. The quantitative estimate of drug-likeness (QED) is 0.721. The van der Waals surface area contributed by atoms with Gasteiger partial charge in [-0.05, 0) is 30.5 Å². The molecule has 0 saturated heterocycles. The highest BCUT2D eigenvalue weighted by atomic mass is 16.4. The van der Waals surface area contributed by atoms with Crippen molar-refractivity contribution in [3.63, 3.8) is 0 Å². The molecule has 0 aliphatic heterocycles. The van der Waals surface area contributed by atoms with E-state index in [0.717, 1.165) is 5.56 Å². The smallest absolute Gasteiger partial charge is 0.339 e. The topological polar surface area (TPSA) is 57.5 Å². The number of aryl methyl sites for hydroxylation is 1. The molecule has 3 nitrogen and oxygen atoms in total. The summed E-state index contributed by atoms with van der Waals surface area (Å²) >= 11 is 0. The van der Waals surface area contributed by atoms with E-state index in [1.807, 2.05) is 0 Å². The van der Waals surface area contributed by atoms with Gasteiger partial charge in [0.15, 0.2) is 0 Å². The van der Waals surface area contributed by atoms with Gasteiger partial charge in [0.1, 0.15) is 11.3 Å². The van der Waals surface area contributed by atoms with Crippen LogP contribution in [-0.4, -0.2) is 16.2 Å². The summed E-state index contributed by atoms with van der Waals surface area (Å²) in [5.74, 6) is -1.28. The fraction of sp³-hybridized carbons (Fsp3) is 0.182. The van der Waals surface area contributed by atoms with Crippen molar-refractivity contribution in [1.29, 1.82) is 0 Å². The van der Waals surface area contributed by atoms with Gasteiger partial charge >= 0.3 is 5.97 Å². The van der Waals surface area contributed by atoms with Crippen molar-refractivity contribution in [2.24, 2.45) is 0 Å². The first-order valence-corrected chi connectivity index (χ1v) is 4.23. The summed E-state index contributed by atoms with van der Waals surface area (Å²) in [5, 5.41) is 18.4. The lowest BCUT2D eigenvalue weighted by atomic mass is 10.0. The second kappa shape index (κ2) is 3.96. The van der Waals surface area contributed by atoms with Crippen molar-refractivity contribution in [3.05, 3.63) is 41.5 Å². The molecule has 0 fully saturated rings. The first-order valence-electron chi connectivity index (χ1n) is 4.23. The van der Waals surface area contributed by atoms with Crippen LogP contribution < -0.4 is 0 Å². The third kappa shape index (κ3) is 1.93. The van der Waals surface area contributed by atoms with Gasteiger partial charge in [-0.3, -0.25) is 0 Å². The van der Waals surface area contributed by atoms with Gasteiger partial charge in [-0.2, -0.15) is 0 Å². The number of carboxylic acids is 1. The Balaban J connectivity index is 3.31. The van der Waals surface area contributed by atoms with Crippen LogP contribution in [0.2, 0.25) is 0 Å². The van der Waals surface area contributed by atoms with Crippen molar-refractivity contribution < 1.29 is 15.0 Å². The number of allylic oxidation sites excluding steroid dienone is 1. The average Bonchev–Trinajstić information content (AvgIpc) is 2.10. The normalized spacial score (nSPS) is 9.79. The van der Waals surface area contributed by atoms with E-state index in [1.165, 1.54) is 6.07 Å². The second-order valence-electron chi connectivity index (χ2n) is 3.12. The number of hydrogen-bond acceptors (Lipinski definition) is 2. The highest BCUT2D eigenvalue weighted by Crippen LogP contribution is 2.25. The van der Waals surface area contributed by atoms with Crippen LogP contribution in [0.5, 0.6) is 5.75 Å². The molecule has 0 heterocycles. The van der Waals surface area contributed by atoms with Gasteiger partial charge in [-0.15, -0.1) is 6.58 Å². The Bertz CT molecular complexity index is 380. The average molecular weight is 192 g/mol. The molecular formula is C11H12O3. The molecule has 3 heteroatoms. The minimum atomic E-state index is -1.11. The van der Waals surface area contributed by atoms with E-state index < -0.39 is 5.97 Å². The maximum absolute atomic E-state index is 10.7. The Kier molecular flexibility index (Phi) is 2.92. The molecule has 0 atom stereocenters. The zero-order valence-corrected chi connectivity index (χ0v) is 7.95. The molecule has 0 unspecified atom stereocenters. The van der Waals surface area contributed by atoms with Crippen molar-refractivity contribution in [2.45, 2.75) is 13.3 Å². The molecule has 0 amide bonds. The highest BCUT2D eigenvalue weighted by molar-refractivity contribution is 5.91. The predicted molar refractivity (Wildman–Crippen MR) is 53.7 cm³/mol. The molecule has 1 aromatic rings. The molecule has 0 spiro atoms. The van der Waals surface area contributed by atoms with Crippen molar-refractivity contribution in [1.82, 2.24) is 0 Å². The Morgan fingerprint density at radius 1 is 1.57 bits per heavy atom. The number of rotatable bonds is 3. The number of aromatic carboxylic acids is 1. The molecule has 0 aromatic heterocycles. The number of carboxylic acid groups (broad SMARTS) is 1. The van der Waals surface area contributed by atoms with E-state index in [2.05, 4.69) is 6.58 Å². The lowest BCUT2D eigenvalue weighted by Gasteiger charge is -2.06. The summed E-state index contributed by atoms with van der Waals surface area (Å²) in [6, 6.07) is 3.20. The Labute approximate surface area is 82.3 Å². The van der Waals surface area contributed by atoms with Gasteiger partial charge < -0.3 is 10.2 Å². The monoisotopic (exact) mass is 192 g/mol. The van der Waals surface area contributed by atoms with Gasteiger partial charge in [-0.1, -0.05) is 12.1 Å². The fourth-order valence-electron chi connectivity index (χ4n) is 1.33. The van der Waals surface area contributed by atoms with Crippen LogP contribution in [0.25, 0.3) is 0 Å². The van der Waals surface area contributed by atoms with Crippen molar-refractivity contribution >= 4 is 5.97 Å². The Hall–Kier alpha value is -1.77. The van der Waals surface area contributed by atoms with Gasteiger partial charge in [0, 0.05) is 0 Å². The molecule has 0 bridgehead atoms. The second-order valence-corrected chi connectivity index (χ2v) is 3.12. The van der Waals surface area contributed by atoms with Crippen molar-refractivity contribution in [2.75, 3.05) is 0 Å². The fourth-order valence-corrected chi connectivity index (χ4v) is 1.33. The first-order chi connectivity index (χ1) is 6.56. The highest BCUT2D eigenvalue weighted by Gasteiger charge is 2.13. The van der Waals surface area contributed by atoms with Crippen LogP contribution in [0.1, 0.15) is 21.5 Å². The molecule has 2 N–H and O–H groups in total. The molecule has 0 aliphatic carbocycles. The molecule has 74 valence electrons. The summed E-state index contributed by atoms with van der Waals surface area (Å²) in [4.78, 5) is 10.7. The van der Waals surface area contributed by atoms with Crippen molar-refractivity contribution in [3.8, 4) is 5.75 Å². The number of hydrogen-bond donors (Lipinski definition) is 2. The van der Waals surface area contributed by atoms with E-state index in [9.17, 15) is 9.90 Å². The lowest BCUT2D eigenvalue weighted by Crippen LogP contribution is -2.00. The van der Waals surface area contributed by atoms with Crippen LogP contribution >= 0.6 is 0 Å². The largest absolute Gasteiger partial charge is 0.507 e. The minimum Gasteiger partial charge on any atom is -0.507 e. The van der Waals surface area contributed by atoms with Gasteiger partial charge in [0.2, 0.25) is 0 Å². The molecule has 0 radical (unpaired) electrons. The van der Waals surface area contributed by atoms with Crippen LogP contribution in [-0.2, 0) is 6.42 Å². The van der Waals surface area contributed by atoms with Gasteiger partial charge in [0.05, 0.1) is 0 Å². The minimum absolute atomic E-state index is 0.0538. The molecular weight excluding hydrogens is 180 g/mol. The Morgan fingerprint density at radius 3 is 2.71 bits per heavy atom. The zero-order valence-electron chi connectivity index (χ0n) is 7.95. The predicted octanol–water partition coefficient (Wildman–Crippen LogP) is 2.13. The van der Waals surface area contributed by atoms with Crippen LogP contribution in [0.15, 0.2) is 24.8 Å². The van der Waals surface area contributed by atoms with Crippen LogP contribution in [0.4, 0.5) is 0 Å². The molecule has 14 heavy (non-hydrogen) atoms. The summed E-state index contributed by atoms with van der Waals surface area (Å²) in [7, 11) is 0. The molecule has 1 rings (SSSR count). The van der Waals surface area contributed by atoms with E-state index in [4.69, 9.17) is 5.11 Å². The van der Waals surface area contributed by atoms with Crippen LogP contribution in [0, 0.1) is 6.92 Å². The number of phenols is 1. The molecule has 0 aliphatic rings. The summed E-state index contributed by atoms with van der Waals surface area (Å²) in [5.41, 5.74) is 1.36.